The van der Waals surface area contributed by atoms with Crippen molar-refractivity contribution in [3.05, 3.63) is 12.2 Å². The Labute approximate surface area is 217 Å². The molecule has 3 saturated carbocycles. The highest BCUT2D eigenvalue weighted by Crippen LogP contribution is 2.49. The third kappa shape index (κ3) is 9.20. The van der Waals surface area contributed by atoms with Crippen LogP contribution in [0.15, 0.2) is 12.2 Å². The predicted molar refractivity (Wildman–Crippen MR) is 148 cm³/mol. The maximum Gasteiger partial charge on any atom is 0.334 e. The largest absolute Gasteiger partial charge is 0.462 e. The molecule has 0 aromatic rings. The number of nitrogens with zero attached hydrogens (tertiary/aromatic N) is 1. The van der Waals surface area contributed by atoms with Crippen molar-refractivity contribution in [1.29, 1.82) is 0 Å². The molecule has 3 rings (SSSR count). The Kier molecular flexibility index (Phi) is 12.7. The van der Waals surface area contributed by atoms with Gasteiger partial charge in [0.25, 0.3) is 0 Å². The standard InChI is InChI=1S/C32H57NO2/c1-5-8-9-11-27-15-18-31-23-30(20-19-29(31)22-27)28-16-13-26(14-17-28)12-10-21-35-32(34)25(4)24-33(6-2)7-3/h26-31H,4-24H2,1-3H3. The Balaban J connectivity index is 1.27. The molecular formula is C32H57NO2. The molecule has 3 aliphatic carbocycles. The van der Waals surface area contributed by atoms with Gasteiger partial charge in [0.1, 0.15) is 0 Å². The lowest BCUT2D eigenvalue weighted by Crippen LogP contribution is -2.34. The minimum atomic E-state index is -0.203. The molecule has 0 bridgehead atoms. The van der Waals surface area contributed by atoms with E-state index >= 15 is 0 Å². The molecule has 0 saturated heterocycles. The van der Waals surface area contributed by atoms with Crippen LogP contribution in [0.5, 0.6) is 0 Å². The van der Waals surface area contributed by atoms with Gasteiger partial charge in [0.15, 0.2) is 0 Å². The van der Waals surface area contributed by atoms with Crippen molar-refractivity contribution in [3.8, 4) is 0 Å². The smallest absolute Gasteiger partial charge is 0.334 e. The summed E-state index contributed by atoms with van der Waals surface area (Å²) in [5.74, 6) is 5.83. The fraction of sp³-hybridized carbons (Fsp3) is 0.906. The molecule has 0 aliphatic heterocycles. The van der Waals surface area contributed by atoms with Crippen LogP contribution >= 0.6 is 0 Å². The van der Waals surface area contributed by atoms with Gasteiger partial charge in [0.05, 0.1) is 6.61 Å². The fourth-order valence-electron chi connectivity index (χ4n) is 7.76. The molecule has 3 heteroatoms. The van der Waals surface area contributed by atoms with Gasteiger partial charge in [-0.25, -0.2) is 4.79 Å². The van der Waals surface area contributed by atoms with Crippen LogP contribution in [0.3, 0.4) is 0 Å². The zero-order valence-electron chi connectivity index (χ0n) is 23.6. The van der Waals surface area contributed by atoms with Crippen LogP contribution in [-0.4, -0.2) is 37.1 Å². The van der Waals surface area contributed by atoms with Crippen molar-refractivity contribution < 1.29 is 9.53 Å². The van der Waals surface area contributed by atoms with Crippen molar-refractivity contribution >= 4 is 5.97 Å². The second-order valence-corrected chi connectivity index (χ2v) is 12.4. The lowest BCUT2D eigenvalue weighted by Gasteiger charge is -2.45. The normalized spacial score (nSPS) is 31.2. The lowest BCUT2D eigenvalue weighted by atomic mass is 9.60. The molecule has 3 nitrogen and oxygen atoms in total. The molecule has 3 fully saturated rings. The first-order chi connectivity index (χ1) is 17.0. The highest BCUT2D eigenvalue weighted by molar-refractivity contribution is 5.88. The van der Waals surface area contributed by atoms with Crippen LogP contribution in [0.1, 0.15) is 124 Å². The second-order valence-electron chi connectivity index (χ2n) is 12.4. The highest BCUT2D eigenvalue weighted by Gasteiger charge is 2.38. The molecule has 0 amide bonds. The summed E-state index contributed by atoms with van der Waals surface area (Å²) in [5, 5.41) is 0. The first-order valence-electron chi connectivity index (χ1n) is 15.6. The minimum Gasteiger partial charge on any atom is -0.462 e. The maximum atomic E-state index is 12.2. The van der Waals surface area contributed by atoms with Crippen LogP contribution in [0.2, 0.25) is 0 Å². The van der Waals surface area contributed by atoms with Crippen LogP contribution in [0, 0.1) is 35.5 Å². The fourth-order valence-corrected chi connectivity index (χ4v) is 7.76. The summed E-state index contributed by atoms with van der Waals surface area (Å²) in [6.07, 6.45) is 22.9. The van der Waals surface area contributed by atoms with Gasteiger partial charge in [-0.2, -0.15) is 0 Å². The molecule has 0 heterocycles. The van der Waals surface area contributed by atoms with Crippen molar-refractivity contribution in [2.75, 3.05) is 26.2 Å². The summed E-state index contributed by atoms with van der Waals surface area (Å²) in [5.41, 5.74) is 0.592. The first-order valence-corrected chi connectivity index (χ1v) is 15.6. The number of rotatable bonds is 14. The topological polar surface area (TPSA) is 29.5 Å². The summed E-state index contributed by atoms with van der Waals surface area (Å²) in [4.78, 5) is 14.4. The van der Waals surface area contributed by atoms with Crippen LogP contribution in [0.4, 0.5) is 0 Å². The van der Waals surface area contributed by atoms with Crippen molar-refractivity contribution in [1.82, 2.24) is 4.90 Å². The molecule has 0 N–H and O–H groups in total. The number of fused-ring (bicyclic) bond motifs is 1. The summed E-state index contributed by atoms with van der Waals surface area (Å²) < 4.78 is 5.52. The first kappa shape index (κ1) is 28.7. The molecule has 0 radical (unpaired) electrons. The number of esters is 1. The quantitative estimate of drug-likeness (QED) is 0.140. The molecule has 35 heavy (non-hydrogen) atoms. The van der Waals surface area contributed by atoms with E-state index in [0.29, 0.717) is 18.7 Å². The van der Waals surface area contributed by atoms with Gasteiger partial charge in [-0.05, 0) is 106 Å². The Hall–Kier alpha value is -0.830. The van der Waals surface area contributed by atoms with Crippen molar-refractivity contribution in [2.24, 2.45) is 35.5 Å². The Morgan fingerprint density at radius 2 is 1.31 bits per heavy atom. The van der Waals surface area contributed by atoms with E-state index in [1.54, 1.807) is 12.8 Å². The molecular weight excluding hydrogens is 430 g/mol. The van der Waals surface area contributed by atoms with Crippen molar-refractivity contribution in [3.63, 3.8) is 0 Å². The predicted octanol–water partition coefficient (Wildman–Crippen LogP) is 8.43. The maximum absolute atomic E-state index is 12.2. The average molecular weight is 488 g/mol. The van der Waals surface area contributed by atoms with Gasteiger partial charge >= 0.3 is 5.97 Å². The highest BCUT2D eigenvalue weighted by atomic mass is 16.5. The number of carbonyl (C=O) groups excluding carboxylic acids is 1. The molecule has 0 aromatic carbocycles. The third-order valence-electron chi connectivity index (χ3n) is 10.1. The SMILES string of the molecule is C=C(CN(CC)CC)C(=O)OCCCC1CCC(C2CCC3CC(CCCCC)CCC3C2)CC1. The lowest BCUT2D eigenvalue weighted by molar-refractivity contribution is -0.139. The van der Waals surface area contributed by atoms with E-state index in [2.05, 4.69) is 32.3 Å². The second kappa shape index (κ2) is 15.4. The number of likely N-dealkylation sites (N-methyl/N-ethyl adjacent to an activating group) is 1. The molecule has 3 aliphatic rings. The summed E-state index contributed by atoms with van der Waals surface area (Å²) in [7, 11) is 0. The molecule has 4 unspecified atom stereocenters. The minimum absolute atomic E-state index is 0.203. The molecule has 202 valence electrons. The third-order valence-corrected chi connectivity index (χ3v) is 10.1. The van der Waals surface area contributed by atoms with Gasteiger partial charge in [-0.1, -0.05) is 72.3 Å². The van der Waals surface area contributed by atoms with E-state index in [-0.39, 0.29) is 5.97 Å². The van der Waals surface area contributed by atoms with Crippen molar-refractivity contribution in [2.45, 2.75) is 124 Å². The van der Waals surface area contributed by atoms with E-state index < -0.39 is 0 Å². The number of carbonyl (C=O) groups is 1. The van der Waals surface area contributed by atoms with E-state index in [9.17, 15) is 4.79 Å². The Morgan fingerprint density at radius 1 is 0.743 bits per heavy atom. The Bertz CT molecular complexity index is 619. The number of hydrogen-bond donors (Lipinski definition) is 0. The van der Waals surface area contributed by atoms with Gasteiger partial charge in [-0.3, -0.25) is 4.90 Å². The average Bonchev–Trinajstić information content (AvgIpc) is 2.89. The van der Waals surface area contributed by atoms with Gasteiger partial charge in [0, 0.05) is 12.1 Å². The number of ether oxygens (including phenoxy) is 1. The zero-order valence-corrected chi connectivity index (χ0v) is 23.6. The molecule has 4 atom stereocenters. The van der Waals surface area contributed by atoms with Gasteiger partial charge in [-0.15, -0.1) is 0 Å². The van der Waals surface area contributed by atoms with Crippen LogP contribution in [-0.2, 0) is 9.53 Å². The van der Waals surface area contributed by atoms with Crippen LogP contribution < -0.4 is 0 Å². The van der Waals surface area contributed by atoms with Gasteiger partial charge in [0.2, 0.25) is 0 Å². The number of hydrogen-bond acceptors (Lipinski definition) is 3. The molecule has 0 aromatic heterocycles. The zero-order chi connectivity index (χ0) is 25.0. The van der Waals surface area contributed by atoms with Gasteiger partial charge < -0.3 is 4.74 Å². The van der Waals surface area contributed by atoms with E-state index in [4.69, 9.17) is 4.74 Å². The van der Waals surface area contributed by atoms with E-state index in [0.717, 1.165) is 55.0 Å². The molecule has 0 spiro atoms. The summed E-state index contributed by atoms with van der Waals surface area (Å²) >= 11 is 0. The Morgan fingerprint density at radius 3 is 2.00 bits per heavy atom. The summed E-state index contributed by atoms with van der Waals surface area (Å²) in [6.45, 7) is 13.6. The van der Waals surface area contributed by atoms with Crippen LogP contribution in [0.25, 0.3) is 0 Å². The van der Waals surface area contributed by atoms with E-state index in [1.165, 1.54) is 83.5 Å². The van der Waals surface area contributed by atoms with E-state index in [1.807, 2.05) is 0 Å². The monoisotopic (exact) mass is 487 g/mol. The number of unbranched alkanes of at least 4 members (excludes halogenated alkanes) is 2. The summed E-state index contributed by atoms with van der Waals surface area (Å²) in [6, 6.07) is 0.